The first-order valence-electron chi connectivity index (χ1n) is 7.59. The van der Waals surface area contributed by atoms with Crippen molar-refractivity contribution in [2.75, 3.05) is 11.4 Å². The predicted octanol–water partition coefficient (Wildman–Crippen LogP) is 1.52. The number of nitrogens with zero attached hydrogens (tertiary/aromatic N) is 1. The maximum Gasteiger partial charge on any atom is 0.268 e. The highest BCUT2D eigenvalue weighted by Gasteiger charge is 2.35. The third-order valence-electron chi connectivity index (χ3n) is 3.90. The van der Waals surface area contributed by atoms with Gasteiger partial charge in [-0.2, -0.15) is 0 Å². The number of anilines is 1. The number of nitrogens with two attached hydrogens (primary N) is 1. The average molecular weight is 326 g/mol. The number of fused-ring (bicyclic) bond motifs is 1. The molecule has 2 aromatic carbocycles. The molecule has 0 saturated heterocycles. The van der Waals surface area contributed by atoms with E-state index in [1.54, 1.807) is 6.07 Å². The Morgan fingerprint density at radius 2 is 1.96 bits per heavy atom. The van der Waals surface area contributed by atoms with E-state index in [-0.39, 0.29) is 18.2 Å². The molecule has 1 unspecified atom stereocenters. The molecule has 0 radical (unpaired) electrons. The predicted molar refractivity (Wildman–Crippen MR) is 89.0 cm³/mol. The second-order valence-electron chi connectivity index (χ2n) is 5.84. The van der Waals surface area contributed by atoms with Gasteiger partial charge in [-0.15, -0.1) is 0 Å². The lowest BCUT2D eigenvalue weighted by Crippen LogP contribution is -2.49. The Balaban J connectivity index is 1.92. The number of phenols is 1. The molecule has 0 aromatic heterocycles. The lowest BCUT2D eigenvalue weighted by molar-refractivity contribution is -0.128. The molecule has 1 aliphatic rings. The van der Waals surface area contributed by atoms with Gasteiger partial charge < -0.3 is 15.6 Å². The van der Waals surface area contributed by atoms with Crippen LogP contribution in [0, 0.1) is 6.92 Å². The van der Waals surface area contributed by atoms with Gasteiger partial charge in [-0.1, -0.05) is 29.8 Å². The summed E-state index contributed by atoms with van der Waals surface area (Å²) in [5, 5.41) is 9.64. The Bertz CT molecular complexity index is 786. The van der Waals surface area contributed by atoms with Crippen molar-refractivity contribution >= 4 is 17.5 Å². The fourth-order valence-electron chi connectivity index (χ4n) is 2.70. The van der Waals surface area contributed by atoms with Gasteiger partial charge in [0.1, 0.15) is 18.0 Å². The lowest BCUT2D eigenvalue weighted by Gasteiger charge is -2.33. The number of benzene rings is 2. The van der Waals surface area contributed by atoms with Crippen molar-refractivity contribution in [1.82, 2.24) is 0 Å². The number of hydrogen-bond acceptors (Lipinski definition) is 4. The average Bonchev–Trinajstić information content (AvgIpc) is 2.54. The Morgan fingerprint density at radius 1 is 1.25 bits per heavy atom. The summed E-state index contributed by atoms with van der Waals surface area (Å²) in [6.07, 6.45) is -0.363. The highest BCUT2D eigenvalue weighted by Crippen LogP contribution is 2.37. The van der Waals surface area contributed by atoms with Gasteiger partial charge in [-0.25, -0.2) is 0 Å². The van der Waals surface area contributed by atoms with Crippen LogP contribution in [0.4, 0.5) is 5.69 Å². The van der Waals surface area contributed by atoms with Crippen LogP contribution in [0.1, 0.15) is 11.1 Å². The molecule has 6 nitrogen and oxygen atoms in total. The molecular weight excluding hydrogens is 308 g/mol. The molecule has 1 aliphatic heterocycles. The van der Waals surface area contributed by atoms with Gasteiger partial charge in [-0.3, -0.25) is 14.5 Å². The molecule has 24 heavy (non-hydrogen) atoms. The Labute approximate surface area is 139 Å². The number of aryl methyl sites for hydroxylation is 1. The van der Waals surface area contributed by atoms with Crippen LogP contribution >= 0.6 is 0 Å². The highest BCUT2D eigenvalue weighted by molar-refractivity contribution is 6.03. The molecule has 6 heteroatoms. The minimum atomic E-state index is -0.746. The minimum absolute atomic E-state index is 0.0170. The van der Waals surface area contributed by atoms with E-state index >= 15 is 0 Å². The molecule has 3 N–H and O–H groups in total. The summed E-state index contributed by atoms with van der Waals surface area (Å²) in [4.78, 5) is 25.3. The van der Waals surface area contributed by atoms with Crippen LogP contribution < -0.4 is 15.4 Å². The monoisotopic (exact) mass is 326 g/mol. The van der Waals surface area contributed by atoms with Gasteiger partial charge in [0.05, 0.1) is 5.69 Å². The van der Waals surface area contributed by atoms with Crippen LogP contribution in [0.25, 0.3) is 0 Å². The maximum absolute atomic E-state index is 12.7. The van der Waals surface area contributed by atoms with Crippen LogP contribution in [-0.4, -0.2) is 29.6 Å². The smallest absolute Gasteiger partial charge is 0.268 e. The number of ether oxygens (including phenoxy) is 1. The van der Waals surface area contributed by atoms with E-state index in [9.17, 15) is 14.7 Å². The lowest BCUT2D eigenvalue weighted by atomic mass is 10.0. The fourth-order valence-corrected chi connectivity index (χ4v) is 2.70. The summed E-state index contributed by atoms with van der Waals surface area (Å²) in [6.45, 7) is 1.73. The standard InChI is InChI=1S/C18H18N2O4/c1-11-2-4-12(5-3-11)8-16-18(23)20(10-17(19)22)14-9-13(21)6-7-15(14)24-16/h2-7,9,16,21H,8,10H2,1H3,(H2,19,22). The normalized spacial score (nSPS) is 16.5. The van der Waals surface area contributed by atoms with Gasteiger partial charge in [0.15, 0.2) is 6.10 Å². The fraction of sp³-hybridized carbons (Fsp3) is 0.222. The summed E-state index contributed by atoms with van der Waals surface area (Å²) in [5.74, 6) is -0.566. The number of hydrogen-bond donors (Lipinski definition) is 2. The maximum atomic E-state index is 12.7. The van der Waals surface area contributed by atoms with E-state index < -0.39 is 12.0 Å². The molecule has 124 valence electrons. The molecule has 1 atom stereocenters. The molecule has 0 saturated carbocycles. The Hall–Kier alpha value is -3.02. The van der Waals surface area contributed by atoms with Crippen LogP contribution in [0.5, 0.6) is 11.5 Å². The molecule has 1 heterocycles. The van der Waals surface area contributed by atoms with Gasteiger partial charge in [0, 0.05) is 12.5 Å². The van der Waals surface area contributed by atoms with E-state index in [0.29, 0.717) is 17.9 Å². The number of primary amides is 1. The van der Waals surface area contributed by atoms with E-state index in [4.69, 9.17) is 10.5 Å². The van der Waals surface area contributed by atoms with Gasteiger partial charge in [0.2, 0.25) is 5.91 Å². The van der Waals surface area contributed by atoms with E-state index in [1.807, 2.05) is 31.2 Å². The van der Waals surface area contributed by atoms with Crippen molar-refractivity contribution in [2.45, 2.75) is 19.4 Å². The van der Waals surface area contributed by atoms with Crippen molar-refractivity contribution in [3.05, 3.63) is 53.6 Å². The number of rotatable bonds is 4. The van der Waals surface area contributed by atoms with Crippen molar-refractivity contribution in [3.63, 3.8) is 0 Å². The molecule has 0 bridgehead atoms. The highest BCUT2D eigenvalue weighted by atomic mass is 16.5. The zero-order valence-corrected chi connectivity index (χ0v) is 13.2. The van der Waals surface area contributed by atoms with Crippen LogP contribution in [0.3, 0.4) is 0 Å². The van der Waals surface area contributed by atoms with Crippen LogP contribution in [0.2, 0.25) is 0 Å². The first kappa shape index (κ1) is 15.9. The van der Waals surface area contributed by atoms with Crippen molar-refractivity contribution in [1.29, 1.82) is 0 Å². The summed E-state index contributed by atoms with van der Waals surface area (Å²) >= 11 is 0. The minimum Gasteiger partial charge on any atom is -0.508 e. The Kier molecular flexibility index (Phi) is 4.12. The van der Waals surface area contributed by atoms with Crippen molar-refractivity contribution in [2.24, 2.45) is 5.73 Å². The molecule has 2 aromatic rings. The van der Waals surface area contributed by atoms with Crippen molar-refractivity contribution in [3.8, 4) is 11.5 Å². The Morgan fingerprint density at radius 3 is 2.62 bits per heavy atom. The largest absolute Gasteiger partial charge is 0.508 e. The number of carbonyl (C=O) groups is 2. The van der Waals surface area contributed by atoms with Gasteiger partial charge in [0.25, 0.3) is 5.91 Å². The number of amides is 2. The zero-order chi connectivity index (χ0) is 17.3. The van der Waals surface area contributed by atoms with Crippen molar-refractivity contribution < 1.29 is 19.4 Å². The van der Waals surface area contributed by atoms with Gasteiger partial charge in [-0.05, 0) is 24.6 Å². The van der Waals surface area contributed by atoms with Gasteiger partial charge >= 0.3 is 0 Å². The molecule has 2 amide bonds. The summed E-state index contributed by atoms with van der Waals surface area (Å²) < 4.78 is 5.79. The first-order chi connectivity index (χ1) is 11.4. The number of carbonyl (C=O) groups excluding carboxylic acids is 2. The molecule has 0 fully saturated rings. The quantitative estimate of drug-likeness (QED) is 0.891. The van der Waals surface area contributed by atoms with E-state index in [0.717, 1.165) is 11.1 Å². The number of phenolic OH excluding ortho intramolecular Hbond substituents is 1. The molecule has 0 aliphatic carbocycles. The van der Waals surface area contributed by atoms with E-state index in [2.05, 4.69) is 0 Å². The SMILES string of the molecule is Cc1ccc(CC2Oc3ccc(O)cc3N(CC(N)=O)C2=O)cc1. The van der Waals surface area contributed by atoms with Crippen LogP contribution in [-0.2, 0) is 16.0 Å². The summed E-state index contributed by atoms with van der Waals surface area (Å²) in [6, 6.07) is 12.3. The third kappa shape index (κ3) is 3.17. The first-order valence-corrected chi connectivity index (χ1v) is 7.59. The molecule has 0 spiro atoms. The zero-order valence-electron chi connectivity index (χ0n) is 13.2. The molecule has 3 rings (SSSR count). The second-order valence-corrected chi connectivity index (χ2v) is 5.84. The molecular formula is C18H18N2O4. The summed E-state index contributed by atoms with van der Waals surface area (Å²) in [5.41, 5.74) is 7.69. The van der Waals surface area contributed by atoms with E-state index in [1.165, 1.54) is 17.0 Å². The topological polar surface area (TPSA) is 92.9 Å². The summed E-state index contributed by atoms with van der Waals surface area (Å²) in [7, 11) is 0. The number of aromatic hydroxyl groups is 1. The third-order valence-corrected chi connectivity index (χ3v) is 3.90. The van der Waals surface area contributed by atoms with Crippen LogP contribution in [0.15, 0.2) is 42.5 Å². The second kappa shape index (κ2) is 6.23.